The first-order valence-corrected chi connectivity index (χ1v) is 9.63. The van der Waals surface area contributed by atoms with Crippen LogP contribution in [0.25, 0.3) is 16.7 Å². The minimum atomic E-state index is -0.360. The maximum absolute atomic E-state index is 12.0. The van der Waals surface area contributed by atoms with Gasteiger partial charge in [-0.25, -0.2) is 4.79 Å². The van der Waals surface area contributed by atoms with Crippen molar-refractivity contribution < 1.29 is 9.15 Å². The second-order valence-electron chi connectivity index (χ2n) is 6.38. The zero-order valence-corrected chi connectivity index (χ0v) is 16.5. The third-order valence-electron chi connectivity index (χ3n) is 4.56. The molecule has 0 bridgehead atoms. The number of benzene rings is 2. The molecule has 0 aliphatic heterocycles. The zero-order valence-electron chi connectivity index (χ0n) is 15.7. The molecule has 4 rings (SSSR count). The monoisotopic (exact) mass is 394 g/mol. The van der Waals surface area contributed by atoms with Crippen molar-refractivity contribution in [3.63, 3.8) is 0 Å². The summed E-state index contributed by atoms with van der Waals surface area (Å²) in [6.45, 7) is 4.04. The van der Waals surface area contributed by atoms with E-state index in [1.165, 1.54) is 17.8 Å². The van der Waals surface area contributed by atoms with Crippen molar-refractivity contribution >= 4 is 22.7 Å². The molecular formula is C20H18N4O3S. The summed E-state index contributed by atoms with van der Waals surface area (Å²) >= 11 is 1.46. The SMILES string of the molecule is COc1ccc(-n2nnnc2SCc2cc(=O)oc3cc(C)c(C)cc23)cc1. The van der Waals surface area contributed by atoms with Gasteiger partial charge in [0.1, 0.15) is 11.3 Å². The van der Waals surface area contributed by atoms with E-state index in [0.29, 0.717) is 16.5 Å². The number of nitrogens with zero attached hydrogens (tertiary/aromatic N) is 4. The van der Waals surface area contributed by atoms with E-state index in [9.17, 15) is 4.79 Å². The molecule has 0 unspecified atom stereocenters. The smallest absolute Gasteiger partial charge is 0.336 e. The largest absolute Gasteiger partial charge is 0.497 e. The molecule has 142 valence electrons. The van der Waals surface area contributed by atoms with Crippen LogP contribution < -0.4 is 10.4 Å². The Morgan fingerprint density at radius 1 is 1.11 bits per heavy atom. The predicted molar refractivity (Wildman–Crippen MR) is 107 cm³/mol. The van der Waals surface area contributed by atoms with Crippen molar-refractivity contribution in [2.75, 3.05) is 7.11 Å². The van der Waals surface area contributed by atoms with Gasteiger partial charge in [-0.1, -0.05) is 11.8 Å². The maximum Gasteiger partial charge on any atom is 0.336 e. The van der Waals surface area contributed by atoms with Crippen LogP contribution in [0.2, 0.25) is 0 Å². The van der Waals surface area contributed by atoms with Crippen LogP contribution in [0.4, 0.5) is 0 Å². The van der Waals surface area contributed by atoms with Gasteiger partial charge in [-0.15, -0.1) is 5.10 Å². The fraction of sp³-hybridized carbons (Fsp3) is 0.200. The predicted octanol–water partition coefficient (Wildman–Crippen LogP) is 3.69. The molecule has 7 nitrogen and oxygen atoms in total. The number of tetrazole rings is 1. The van der Waals surface area contributed by atoms with Gasteiger partial charge in [0, 0.05) is 17.2 Å². The van der Waals surface area contributed by atoms with Crippen molar-refractivity contribution in [3.05, 3.63) is 69.6 Å². The molecule has 0 spiro atoms. The van der Waals surface area contributed by atoms with Gasteiger partial charge in [0.2, 0.25) is 5.16 Å². The molecule has 2 aromatic carbocycles. The molecular weight excluding hydrogens is 376 g/mol. The summed E-state index contributed by atoms with van der Waals surface area (Å²) in [5.41, 5.74) is 4.20. The molecule has 4 aromatic rings. The summed E-state index contributed by atoms with van der Waals surface area (Å²) in [7, 11) is 1.62. The fourth-order valence-corrected chi connectivity index (χ4v) is 3.78. The summed E-state index contributed by atoms with van der Waals surface area (Å²) < 4.78 is 12.2. The van der Waals surface area contributed by atoms with Crippen LogP contribution in [0.3, 0.4) is 0 Å². The second-order valence-corrected chi connectivity index (χ2v) is 7.33. The van der Waals surface area contributed by atoms with Gasteiger partial charge in [-0.3, -0.25) is 0 Å². The van der Waals surface area contributed by atoms with Gasteiger partial charge in [0.05, 0.1) is 12.8 Å². The number of hydrogen-bond acceptors (Lipinski definition) is 7. The number of hydrogen-bond donors (Lipinski definition) is 0. The molecule has 0 N–H and O–H groups in total. The Morgan fingerprint density at radius 3 is 2.61 bits per heavy atom. The highest BCUT2D eigenvalue weighted by Gasteiger charge is 2.13. The standard InChI is InChI=1S/C20H18N4O3S/c1-12-8-17-14(10-19(25)27-18(17)9-13(12)2)11-28-20-21-22-23-24(20)15-4-6-16(26-3)7-5-15/h4-10H,11H2,1-3H3. The molecule has 0 saturated heterocycles. The lowest BCUT2D eigenvalue weighted by molar-refractivity contribution is 0.414. The van der Waals surface area contributed by atoms with Gasteiger partial charge in [-0.2, -0.15) is 4.68 Å². The molecule has 0 atom stereocenters. The molecule has 0 fully saturated rings. The maximum atomic E-state index is 12.0. The second kappa shape index (κ2) is 7.47. The van der Waals surface area contributed by atoms with Crippen LogP contribution in [0, 0.1) is 13.8 Å². The Bertz CT molecular complexity index is 1200. The van der Waals surface area contributed by atoms with Gasteiger partial charge in [0.15, 0.2) is 0 Å². The molecule has 2 heterocycles. The highest BCUT2D eigenvalue weighted by molar-refractivity contribution is 7.98. The first kappa shape index (κ1) is 18.2. The van der Waals surface area contributed by atoms with Crippen molar-refractivity contribution in [2.24, 2.45) is 0 Å². The number of aromatic nitrogens is 4. The molecule has 0 saturated carbocycles. The van der Waals surface area contributed by atoms with E-state index in [4.69, 9.17) is 9.15 Å². The first-order chi connectivity index (χ1) is 13.5. The van der Waals surface area contributed by atoms with Crippen LogP contribution in [0.5, 0.6) is 5.75 Å². The van der Waals surface area contributed by atoms with E-state index >= 15 is 0 Å². The Morgan fingerprint density at radius 2 is 1.86 bits per heavy atom. The van der Waals surface area contributed by atoms with Crippen molar-refractivity contribution in [3.8, 4) is 11.4 Å². The summed E-state index contributed by atoms with van der Waals surface area (Å²) in [5, 5.41) is 13.5. The summed E-state index contributed by atoms with van der Waals surface area (Å²) in [6, 6.07) is 13.0. The summed E-state index contributed by atoms with van der Waals surface area (Å²) in [6.07, 6.45) is 0. The van der Waals surface area contributed by atoms with Crippen LogP contribution in [-0.4, -0.2) is 27.3 Å². The third kappa shape index (κ3) is 3.50. The number of thioether (sulfide) groups is 1. The van der Waals surface area contributed by atoms with E-state index in [0.717, 1.165) is 33.5 Å². The van der Waals surface area contributed by atoms with Gasteiger partial charge < -0.3 is 9.15 Å². The average molecular weight is 394 g/mol. The fourth-order valence-electron chi connectivity index (χ4n) is 2.90. The molecule has 0 aliphatic carbocycles. The van der Waals surface area contributed by atoms with Crippen LogP contribution >= 0.6 is 11.8 Å². The topological polar surface area (TPSA) is 83.0 Å². The van der Waals surface area contributed by atoms with Crippen LogP contribution in [-0.2, 0) is 5.75 Å². The van der Waals surface area contributed by atoms with Crippen molar-refractivity contribution in [2.45, 2.75) is 24.8 Å². The minimum absolute atomic E-state index is 0.360. The molecule has 8 heteroatoms. The van der Waals surface area contributed by atoms with Crippen LogP contribution in [0.1, 0.15) is 16.7 Å². The average Bonchev–Trinajstić information content (AvgIpc) is 3.16. The van der Waals surface area contributed by atoms with Gasteiger partial charge >= 0.3 is 5.63 Å². The molecule has 28 heavy (non-hydrogen) atoms. The number of aryl methyl sites for hydroxylation is 2. The van der Waals surface area contributed by atoms with E-state index in [2.05, 4.69) is 21.6 Å². The van der Waals surface area contributed by atoms with Gasteiger partial charge in [0.25, 0.3) is 0 Å². The van der Waals surface area contributed by atoms with Crippen molar-refractivity contribution in [1.82, 2.24) is 20.2 Å². The number of methoxy groups -OCH3 is 1. The van der Waals surface area contributed by atoms with E-state index in [-0.39, 0.29) is 5.63 Å². The number of ether oxygens (including phenoxy) is 1. The van der Waals surface area contributed by atoms with E-state index in [1.54, 1.807) is 11.8 Å². The molecule has 0 aliphatic rings. The lowest BCUT2D eigenvalue weighted by Crippen LogP contribution is -2.02. The lowest BCUT2D eigenvalue weighted by Gasteiger charge is -2.08. The Balaban J connectivity index is 1.65. The normalized spacial score (nSPS) is 11.1. The summed E-state index contributed by atoms with van der Waals surface area (Å²) in [5.74, 6) is 1.31. The highest BCUT2D eigenvalue weighted by atomic mass is 32.2. The first-order valence-electron chi connectivity index (χ1n) is 8.65. The molecule has 0 amide bonds. The van der Waals surface area contributed by atoms with Gasteiger partial charge in [-0.05, 0) is 77.4 Å². The van der Waals surface area contributed by atoms with E-state index in [1.807, 2.05) is 44.2 Å². The summed E-state index contributed by atoms with van der Waals surface area (Å²) in [4.78, 5) is 12.0. The quantitative estimate of drug-likeness (QED) is 0.377. The molecule has 2 aromatic heterocycles. The Hall–Kier alpha value is -3.13. The van der Waals surface area contributed by atoms with Crippen LogP contribution in [0.15, 0.2) is 56.8 Å². The highest BCUT2D eigenvalue weighted by Crippen LogP contribution is 2.28. The van der Waals surface area contributed by atoms with Crippen molar-refractivity contribution in [1.29, 1.82) is 0 Å². The Labute approximate surface area is 165 Å². The minimum Gasteiger partial charge on any atom is -0.497 e. The Kier molecular flexibility index (Phi) is 4.87. The number of fused-ring (bicyclic) bond motifs is 1. The lowest BCUT2D eigenvalue weighted by atomic mass is 10.0. The van der Waals surface area contributed by atoms with E-state index < -0.39 is 0 Å². The third-order valence-corrected chi connectivity index (χ3v) is 5.53. The number of rotatable bonds is 5. The molecule has 0 radical (unpaired) electrons. The zero-order chi connectivity index (χ0) is 19.7.